The number of imidazole rings is 1. The maximum absolute atomic E-state index is 13.8. The van der Waals surface area contributed by atoms with E-state index in [1.54, 1.807) is 0 Å². The Morgan fingerprint density at radius 1 is 0.970 bits per heavy atom. The van der Waals surface area contributed by atoms with Crippen molar-refractivity contribution in [1.82, 2.24) is 14.5 Å². The van der Waals surface area contributed by atoms with Crippen LogP contribution in [0.3, 0.4) is 0 Å². The second-order valence-corrected chi connectivity index (χ2v) is 8.54. The molecule has 4 aromatic rings. The summed E-state index contributed by atoms with van der Waals surface area (Å²) >= 11 is 0. The van der Waals surface area contributed by atoms with Crippen LogP contribution in [0, 0.1) is 6.92 Å². The first-order valence-corrected chi connectivity index (χ1v) is 11.2. The Labute approximate surface area is 192 Å². The zero-order chi connectivity index (χ0) is 22.9. The fourth-order valence-electron chi connectivity index (χ4n) is 4.58. The van der Waals surface area contributed by atoms with Crippen LogP contribution in [0.2, 0.25) is 0 Å². The van der Waals surface area contributed by atoms with Crippen LogP contribution in [0.1, 0.15) is 42.4 Å². The van der Waals surface area contributed by atoms with Crippen LogP contribution in [0.4, 0.5) is 5.69 Å². The number of carbonyl (C=O) groups excluding carboxylic acids is 2. The summed E-state index contributed by atoms with van der Waals surface area (Å²) in [5.41, 5.74) is 4.49. The van der Waals surface area contributed by atoms with Crippen LogP contribution in [0.15, 0.2) is 78.9 Å². The first-order valence-electron chi connectivity index (χ1n) is 11.2. The summed E-state index contributed by atoms with van der Waals surface area (Å²) < 4.78 is 1.96. The van der Waals surface area contributed by atoms with Gasteiger partial charge in [0, 0.05) is 12.2 Å². The van der Waals surface area contributed by atoms with Crippen molar-refractivity contribution in [2.45, 2.75) is 38.9 Å². The molecule has 0 radical (unpaired) electrons. The SMILES string of the molecule is Cc1ccccc1NC(=O)C[C@@H]1C(=O)N(Cc2ccccc2)[C@H](C)c2nc3ccccc3n21. The van der Waals surface area contributed by atoms with Crippen molar-refractivity contribution >= 4 is 28.5 Å². The van der Waals surface area contributed by atoms with E-state index < -0.39 is 6.04 Å². The first kappa shape index (κ1) is 20.9. The number of para-hydroxylation sites is 3. The molecule has 2 heterocycles. The Morgan fingerprint density at radius 3 is 2.45 bits per heavy atom. The predicted octanol–water partition coefficient (Wildman–Crippen LogP) is 5.02. The molecular weight excluding hydrogens is 412 g/mol. The minimum Gasteiger partial charge on any atom is -0.327 e. The summed E-state index contributed by atoms with van der Waals surface area (Å²) in [6, 6.07) is 24.5. The molecule has 0 saturated heterocycles. The van der Waals surface area contributed by atoms with Crippen molar-refractivity contribution in [2.75, 3.05) is 5.32 Å². The van der Waals surface area contributed by atoms with Gasteiger partial charge in [-0.3, -0.25) is 9.59 Å². The fourth-order valence-corrected chi connectivity index (χ4v) is 4.58. The van der Waals surface area contributed by atoms with Crippen molar-refractivity contribution in [1.29, 1.82) is 0 Å². The van der Waals surface area contributed by atoms with Gasteiger partial charge in [0.2, 0.25) is 11.8 Å². The number of benzene rings is 3. The molecule has 166 valence electrons. The molecule has 0 bridgehead atoms. The number of hydrogen-bond acceptors (Lipinski definition) is 3. The van der Waals surface area contributed by atoms with Gasteiger partial charge in [-0.1, -0.05) is 60.7 Å². The normalized spacial score (nSPS) is 17.8. The highest BCUT2D eigenvalue weighted by Crippen LogP contribution is 2.37. The second kappa shape index (κ2) is 8.54. The maximum atomic E-state index is 13.8. The zero-order valence-corrected chi connectivity index (χ0v) is 18.7. The molecule has 6 heteroatoms. The number of fused-ring (bicyclic) bond motifs is 3. The lowest BCUT2D eigenvalue weighted by Crippen LogP contribution is -2.45. The third-order valence-electron chi connectivity index (χ3n) is 6.34. The van der Waals surface area contributed by atoms with Gasteiger partial charge in [-0.2, -0.15) is 0 Å². The van der Waals surface area contributed by atoms with E-state index in [2.05, 4.69) is 5.32 Å². The van der Waals surface area contributed by atoms with Crippen LogP contribution < -0.4 is 5.32 Å². The van der Waals surface area contributed by atoms with Crippen LogP contribution in [0.25, 0.3) is 11.0 Å². The lowest BCUT2D eigenvalue weighted by Gasteiger charge is -2.38. The van der Waals surface area contributed by atoms with Crippen LogP contribution in [0.5, 0.6) is 0 Å². The Hall–Kier alpha value is -3.93. The molecule has 0 unspecified atom stereocenters. The molecular formula is C27H26N4O2. The van der Waals surface area contributed by atoms with E-state index in [4.69, 9.17) is 4.98 Å². The van der Waals surface area contributed by atoms with Gasteiger partial charge >= 0.3 is 0 Å². The summed E-state index contributed by atoms with van der Waals surface area (Å²) in [5, 5.41) is 2.98. The van der Waals surface area contributed by atoms with Crippen LogP contribution in [-0.4, -0.2) is 26.3 Å². The van der Waals surface area contributed by atoms with Gasteiger partial charge in [0.15, 0.2) is 0 Å². The third-order valence-corrected chi connectivity index (χ3v) is 6.34. The molecule has 6 nitrogen and oxygen atoms in total. The smallest absolute Gasteiger partial charge is 0.247 e. The number of aromatic nitrogens is 2. The Balaban J connectivity index is 1.52. The average molecular weight is 439 g/mol. The third kappa shape index (κ3) is 3.89. The highest BCUT2D eigenvalue weighted by molar-refractivity contribution is 5.96. The number of anilines is 1. The summed E-state index contributed by atoms with van der Waals surface area (Å²) in [4.78, 5) is 33.6. The summed E-state index contributed by atoms with van der Waals surface area (Å²) in [5.74, 6) is 0.544. The predicted molar refractivity (Wildman–Crippen MR) is 129 cm³/mol. The van der Waals surface area contributed by atoms with Crippen molar-refractivity contribution < 1.29 is 9.59 Å². The maximum Gasteiger partial charge on any atom is 0.247 e. The van der Waals surface area contributed by atoms with Crippen LogP contribution in [-0.2, 0) is 16.1 Å². The quantitative estimate of drug-likeness (QED) is 0.476. The summed E-state index contributed by atoms with van der Waals surface area (Å²) in [6.45, 7) is 4.42. The largest absolute Gasteiger partial charge is 0.327 e. The van der Waals surface area contributed by atoms with Gasteiger partial charge in [-0.15, -0.1) is 0 Å². The molecule has 5 rings (SSSR count). The number of carbonyl (C=O) groups is 2. The van der Waals surface area contributed by atoms with E-state index in [-0.39, 0.29) is 24.3 Å². The van der Waals surface area contributed by atoms with Crippen molar-refractivity contribution in [2.24, 2.45) is 0 Å². The molecule has 1 aromatic heterocycles. The van der Waals surface area contributed by atoms with Gasteiger partial charge in [0.25, 0.3) is 0 Å². The number of nitrogens with one attached hydrogen (secondary N) is 1. The van der Waals surface area contributed by atoms with E-state index >= 15 is 0 Å². The van der Waals surface area contributed by atoms with E-state index in [1.807, 2.05) is 102 Å². The molecule has 33 heavy (non-hydrogen) atoms. The minimum atomic E-state index is -0.656. The van der Waals surface area contributed by atoms with Crippen molar-refractivity contribution in [3.8, 4) is 0 Å². The van der Waals surface area contributed by atoms with Gasteiger partial charge in [0.1, 0.15) is 11.9 Å². The number of hydrogen-bond donors (Lipinski definition) is 1. The second-order valence-electron chi connectivity index (χ2n) is 8.54. The van der Waals surface area contributed by atoms with Gasteiger partial charge in [0.05, 0.1) is 23.5 Å². The molecule has 0 fully saturated rings. The van der Waals surface area contributed by atoms with Gasteiger partial charge in [-0.05, 0) is 43.2 Å². The molecule has 1 aliphatic rings. The molecule has 0 saturated carbocycles. The highest BCUT2D eigenvalue weighted by atomic mass is 16.2. The van der Waals surface area contributed by atoms with E-state index in [1.165, 1.54) is 0 Å². The number of rotatable bonds is 5. The molecule has 2 amide bonds. The van der Waals surface area contributed by atoms with Crippen LogP contribution >= 0.6 is 0 Å². The Morgan fingerprint density at radius 2 is 1.67 bits per heavy atom. The average Bonchev–Trinajstić information content (AvgIpc) is 3.21. The topological polar surface area (TPSA) is 67.2 Å². The fraction of sp³-hybridized carbons (Fsp3) is 0.222. The monoisotopic (exact) mass is 438 g/mol. The van der Waals surface area contributed by atoms with Crippen molar-refractivity contribution in [3.63, 3.8) is 0 Å². The molecule has 2 atom stereocenters. The Kier molecular flexibility index (Phi) is 5.42. The van der Waals surface area contributed by atoms with Gasteiger partial charge < -0.3 is 14.8 Å². The molecule has 1 N–H and O–H groups in total. The number of nitrogens with zero attached hydrogens (tertiary/aromatic N) is 3. The standard InChI is InChI=1S/C27H26N4O2/c1-18-10-6-7-13-21(18)28-25(32)16-24-27(33)30(17-20-11-4-3-5-12-20)19(2)26-29-22-14-8-9-15-23(22)31(24)26/h3-15,19,24H,16-17H2,1-2H3,(H,28,32)/t19-,24-/m1/s1. The van der Waals surface area contributed by atoms with Crippen molar-refractivity contribution in [3.05, 3.63) is 95.8 Å². The molecule has 3 aromatic carbocycles. The van der Waals surface area contributed by atoms with E-state index in [0.29, 0.717) is 6.54 Å². The zero-order valence-electron chi connectivity index (χ0n) is 18.7. The lowest BCUT2D eigenvalue weighted by molar-refractivity contribution is -0.142. The highest BCUT2D eigenvalue weighted by Gasteiger charge is 2.40. The summed E-state index contributed by atoms with van der Waals surface area (Å²) in [6.07, 6.45) is 0.0402. The number of aryl methyl sites for hydroxylation is 1. The minimum absolute atomic E-state index is 0.0402. The van der Waals surface area contributed by atoms with E-state index in [0.717, 1.165) is 33.7 Å². The van der Waals surface area contributed by atoms with E-state index in [9.17, 15) is 9.59 Å². The molecule has 1 aliphatic heterocycles. The summed E-state index contributed by atoms with van der Waals surface area (Å²) in [7, 11) is 0. The molecule has 0 spiro atoms. The molecule has 0 aliphatic carbocycles. The van der Waals surface area contributed by atoms with Gasteiger partial charge in [-0.25, -0.2) is 4.98 Å². The first-order chi connectivity index (χ1) is 16.0. The Bertz CT molecular complexity index is 1330. The number of amides is 2. The lowest BCUT2D eigenvalue weighted by atomic mass is 10.0.